The number of unbranched alkanes of at least 4 members (excludes halogenated alkanes) is 4. The molecular weight excluding hydrogens is 300 g/mol. The number of ketones is 1. The van der Waals surface area contributed by atoms with Gasteiger partial charge >= 0.3 is 5.97 Å². The second-order valence-electron chi connectivity index (χ2n) is 6.41. The number of hydrogen-bond acceptors (Lipinski definition) is 3. The van der Waals surface area contributed by atoms with Crippen LogP contribution in [-0.4, -0.2) is 18.9 Å². The van der Waals surface area contributed by atoms with E-state index >= 15 is 0 Å². The van der Waals surface area contributed by atoms with Crippen LogP contribution in [0, 0.1) is 11.8 Å². The van der Waals surface area contributed by atoms with Crippen LogP contribution in [0.1, 0.15) is 64.7 Å². The second-order valence-corrected chi connectivity index (χ2v) is 6.41. The minimum atomic E-state index is -0.163. The fourth-order valence-electron chi connectivity index (χ4n) is 2.93. The van der Waals surface area contributed by atoms with Crippen LogP contribution in [0.3, 0.4) is 0 Å². The molecule has 1 aliphatic rings. The van der Waals surface area contributed by atoms with Gasteiger partial charge in [-0.1, -0.05) is 50.1 Å². The van der Waals surface area contributed by atoms with Gasteiger partial charge in [0.1, 0.15) is 0 Å². The molecule has 0 saturated carbocycles. The predicted octanol–water partition coefficient (Wildman–Crippen LogP) is 5.17. The van der Waals surface area contributed by atoms with Crippen LogP contribution in [0.25, 0.3) is 0 Å². The van der Waals surface area contributed by atoms with Crippen LogP contribution in [0.5, 0.6) is 0 Å². The van der Waals surface area contributed by atoms with Crippen molar-refractivity contribution in [2.75, 3.05) is 7.11 Å². The Balaban J connectivity index is 2.26. The molecule has 0 bridgehead atoms. The van der Waals surface area contributed by atoms with Crippen LogP contribution in [0.2, 0.25) is 0 Å². The summed E-state index contributed by atoms with van der Waals surface area (Å²) < 4.78 is 4.61. The molecule has 0 aromatic rings. The van der Waals surface area contributed by atoms with E-state index in [2.05, 4.69) is 42.0 Å². The minimum Gasteiger partial charge on any atom is -0.469 e. The molecule has 1 aliphatic carbocycles. The first kappa shape index (κ1) is 20.4. The molecule has 134 valence electrons. The molecule has 0 radical (unpaired) electrons. The summed E-state index contributed by atoms with van der Waals surface area (Å²) in [5.74, 6) is 0.504. The van der Waals surface area contributed by atoms with Crippen molar-refractivity contribution in [2.24, 2.45) is 11.8 Å². The van der Waals surface area contributed by atoms with E-state index in [9.17, 15) is 9.59 Å². The first-order valence-electron chi connectivity index (χ1n) is 9.27. The molecule has 0 aliphatic heterocycles. The molecular formula is C21H32O3. The number of allylic oxidation sites excluding steroid dienone is 6. The van der Waals surface area contributed by atoms with E-state index in [1.165, 1.54) is 26.4 Å². The third-order valence-electron chi connectivity index (χ3n) is 4.48. The van der Waals surface area contributed by atoms with Gasteiger partial charge in [0.2, 0.25) is 0 Å². The summed E-state index contributed by atoms with van der Waals surface area (Å²) in [6.07, 6.45) is 21.2. The predicted molar refractivity (Wildman–Crippen MR) is 98.7 cm³/mol. The van der Waals surface area contributed by atoms with Gasteiger partial charge in [-0.25, -0.2) is 0 Å². The maximum Gasteiger partial charge on any atom is 0.305 e. The van der Waals surface area contributed by atoms with Crippen molar-refractivity contribution in [1.82, 2.24) is 0 Å². The van der Waals surface area contributed by atoms with E-state index in [1.807, 2.05) is 0 Å². The molecule has 0 aromatic carbocycles. The van der Waals surface area contributed by atoms with E-state index in [0.717, 1.165) is 32.1 Å². The number of carbonyl (C=O) groups is 2. The summed E-state index contributed by atoms with van der Waals surface area (Å²) in [6.45, 7) is 2.21. The van der Waals surface area contributed by atoms with E-state index in [-0.39, 0.29) is 17.7 Å². The van der Waals surface area contributed by atoms with Gasteiger partial charge in [0, 0.05) is 12.3 Å². The average molecular weight is 332 g/mol. The fraction of sp³-hybridized carbons (Fsp3) is 0.619. The van der Waals surface area contributed by atoms with Gasteiger partial charge < -0.3 is 4.74 Å². The normalized spacial score (nSPS) is 20.5. The van der Waals surface area contributed by atoms with Crippen molar-refractivity contribution >= 4 is 11.8 Å². The number of esters is 1. The van der Waals surface area contributed by atoms with Gasteiger partial charge in [-0.15, -0.1) is 0 Å². The first-order chi connectivity index (χ1) is 11.7. The highest BCUT2D eigenvalue weighted by molar-refractivity contribution is 5.94. The lowest BCUT2D eigenvalue weighted by Crippen LogP contribution is -2.14. The summed E-state index contributed by atoms with van der Waals surface area (Å²) in [5.41, 5.74) is 0. The van der Waals surface area contributed by atoms with Crippen molar-refractivity contribution in [3.8, 4) is 0 Å². The lowest BCUT2D eigenvalue weighted by Gasteiger charge is -2.14. The Kier molecular flexibility index (Phi) is 10.8. The van der Waals surface area contributed by atoms with Crippen LogP contribution >= 0.6 is 0 Å². The molecule has 1 unspecified atom stereocenters. The van der Waals surface area contributed by atoms with Crippen molar-refractivity contribution in [3.05, 3.63) is 36.5 Å². The van der Waals surface area contributed by atoms with Gasteiger partial charge in [0.25, 0.3) is 0 Å². The maximum absolute atomic E-state index is 12.0. The number of ether oxygens (including phenoxy) is 1. The zero-order valence-corrected chi connectivity index (χ0v) is 15.2. The Labute approximate surface area is 146 Å². The second kappa shape index (κ2) is 12.7. The highest BCUT2D eigenvalue weighted by Crippen LogP contribution is 2.29. The lowest BCUT2D eigenvalue weighted by molar-refractivity contribution is -0.140. The third-order valence-corrected chi connectivity index (χ3v) is 4.48. The van der Waals surface area contributed by atoms with Crippen LogP contribution in [-0.2, 0) is 14.3 Å². The number of methoxy groups -OCH3 is 1. The summed E-state index contributed by atoms with van der Waals surface area (Å²) in [5, 5.41) is 0. The molecule has 0 spiro atoms. The summed E-state index contributed by atoms with van der Waals surface area (Å²) in [4.78, 5) is 23.0. The largest absolute Gasteiger partial charge is 0.469 e. The highest BCUT2D eigenvalue weighted by Gasteiger charge is 2.27. The van der Waals surface area contributed by atoms with Gasteiger partial charge in [0.15, 0.2) is 5.78 Å². The molecule has 0 N–H and O–H groups in total. The minimum absolute atomic E-state index is 0.0853. The van der Waals surface area contributed by atoms with E-state index in [1.54, 1.807) is 6.08 Å². The van der Waals surface area contributed by atoms with Crippen LogP contribution in [0.4, 0.5) is 0 Å². The average Bonchev–Trinajstić information content (AvgIpc) is 2.94. The molecule has 3 heteroatoms. The first-order valence-corrected chi connectivity index (χ1v) is 9.27. The van der Waals surface area contributed by atoms with Gasteiger partial charge in [-0.05, 0) is 50.5 Å². The number of carbonyl (C=O) groups excluding carboxylic acids is 2. The van der Waals surface area contributed by atoms with E-state index in [0.29, 0.717) is 12.3 Å². The molecule has 3 nitrogen and oxygen atoms in total. The standard InChI is InChI=1S/C21H32O3/c1-3-4-5-6-7-10-13-18-16-17-20(22)19(18)14-11-8-9-12-15-21(23)24-2/h7-8,10-11,16-19H,3-6,9,12-15H2,1-2H3/b10-7-,11-8-/t18?,19-/m0/s1. The molecule has 0 heterocycles. The Morgan fingerprint density at radius 2 is 1.79 bits per heavy atom. The zero-order valence-electron chi connectivity index (χ0n) is 15.2. The van der Waals surface area contributed by atoms with Gasteiger partial charge in [-0.3, -0.25) is 9.59 Å². The highest BCUT2D eigenvalue weighted by atomic mass is 16.5. The van der Waals surface area contributed by atoms with Crippen LogP contribution in [0.15, 0.2) is 36.5 Å². The van der Waals surface area contributed by atoms with Crippen molar-refractivity contribution in [2.45, 2.75) is 64.7 Å². The lowest BCUT2D eigenvalue weighted by atomic mass is 9.88. The fourth-order valence-corrected chi connectivity index (χ4v) is 2.93. The molecule has 2 atom stereocenters. The molecule has 0 fully saturated rings. The Morgan fingerprint density at radius 3 is 2.50 bits per heavy atom. The summed E-state index contributed by atoms with van der Waals surface area (Å²) >= 11 is 0. The molecule has 1 rings (SSSR count). The molecule has 0 aromatic heterocycles. The molecule has 24 heavy (non-hydrogen) atoms. The van der Waals surface area contributed by atoms with Crippen LogP contribution < -0.4 is 0 Å². The third kappa shape index (κ3) is 8.28. The number of hydrogen-bond donors (Lipinski definition) is 0. The van der Waals surface area contributed by atoms with Gasteiger partial charge in [-0.2, -0.15) is 0 Å². The van der Waals surface area contributed by atoms with Gasteiger partial charge in [0.05, 0.1) is 7.11 Å². The van der Waals surface area contributed by atoms with E-state index < -0.39 is 0 Å². The SMILES string of the molecule is CCCCC/C=C\CC1C=CC(=O)[C@H]1C/C=C\CCCC(=O)OC. The Morgan fingerprint density at radius 1 is 1.08 bits per heavy atom. The molecule has 0 amide bonds. The smallest absolute Gasteiger partial charge is 0.305 e. The monoisotopic (exact) mass is 332 g/mol. The van der Waals surface area contributed by atoms with Crippen molar-refractivity contribution < 1.29 is 14.3 Å². The molecule has 0 saturated heterocycles. The summed E-state index contributed by atoms with van der Waals surface area (Å²) in [7, 11) is 1.41. The Hall–Kier alpha value is -1.64. The van der Waals surface area contributed by atoms with Crippen molar-refractivity contribution in [3.63, 3.8) is 0 Å². The van der Waals surface area contributed by atoms with Crippen molar-refractivity contribution in [1.29, 1.82) is 0 Å². The Bertz CT molecular complexity index is 460. The quantitative estimate of drug-likeness (QED) is 0.281. The summed E-state index contributed by atoms with van der Waals surface area (Å²) in [6, 6.07) is 0. The zero-order chi connectivity index (χ0) is 17.6. The maximum atomic E-state index is 12.0. The number of rotatable bonds is 12. The topological polar surface area (TPSA) is 43.4 Å². The van der Waals surface area contributed by atoms with E-state index in [4.69, 9.17) is 0 Å².